The van der Waals surface area contributed by atoms with Crippen molar-refractivity contribution in [2.75, 3.05) is 14.2 Å². The van der Waals surface area contributed by atoms with E-state index in [9.17, 15) is 4.79 Å². The van der Waals surface area contributed by atoms with Crippen LogP contribution in [0.1, 0.15) is 5.56 Å². The van der Waals surface area contributed by atoms with Crippen LogP contribution in [0.15, 0.2) is 26.5 Å². The maximum absolute atomic E-state index is 11.5. The molecule has 0 saturated carbocycles. The van der Waals surface area contributed by atoms with Crippen molar-refractivity contribution in [3.63, 3.8) is 0 Å². The van der Waals surface area contributed by atoms with Gasteiger partial charge in [-0.05, 0) is 51.5 Å². The monoisotopic (exact) mass is 342 g/mol. The molecular weight excluding hydrogens is 332 g/mol. The predicted molar refractivity (Wildman–Crippen MR) is 79.4 cm³/mol. The van der Waals surface area contributed by atoms with Crippen molar-refractivity contribution in [3.8, 4) is 11.5 Å². The van der Waals surface area contributed by atoms with Crippen LogP contribution in [0.2, 0.25) is 0 Å². The topological polar surface area (TPSA) is 73.9 Å². The van der Waals surface area contributed by atoms with Crippen LogP contribution in [0.4, 0.5) is 0 Å². The van der Waals surface area contributed by atoms with Crippen molar-refractivity contribution >= 4 is 44.8 Å². The first-order chi connectivity index (χ1) is 9.05. The van der Waals surface area contributed by atoms with Crippen LogP contribution in [-0.4, -0.2) is 25.3 Å². The van der Waals surface area contributed by atoms with Gasteiger partial charge in [0.05, 0.1) is 23.6 Å². The number of benzene rings is 1. The summed E-state index contributed by atoms with van der Waals surface area (Å²) in [5.41, 5.74) is 6.29. The first kappa shape index (κ1) is 14.0. The van der Waals surface area contributed by atoms with Crippen LogP contribution >= 0.6 is 27.7 Å². The van der Waals surface area contributed by atoms with Crippen LogP contribution in [0.5, 0.6) is 11.5 Å². The van der Waals surface area contributed by atoms with E-state index in [0.717, 1.165) is 21.8 Å². The van der Waals surface area contributed by atoms with E-state index < -0.39 is 0 Å². The number of aliphatic imine (C=N–C) groups is 1. The second kappa shape index (κ2) is 5.66. The van der Waals surface area contributed by atoms with E-state index in [1.807, 2.05) is 6.07 Å². The van der Waals surface area contributed by atoms with Crippen LogP contribution in [0.3, 0.4) is 0 Å². The third-order valence-electron chi connectivity index (χ3n) is 2.39. The molecule has 0 saturated heterocycles. The summed E-state index contributed by atoms with van der Waals surface area (Å²) in [6, 6.07) is 3.61. The van der Waals surface area contributed by atoms with E-state index in [1.54, 1.807) is 26.4 Å². The number of rotatable bonds is 3. The minimum Gasteiger partial charge on any atom is -0.493 e. The molecule has 2 rings (SSSR count). The molecule has 5 nitrogen and oxygen atoms in total. The fourth-order valence-electron chi connectivity index (χ4n) is 1.60. The zero-order valence-corrected chi connectivity index (χ0v) is 12.7. The number of methoxy groups -OCH3 is 2. The summed E-state index contributed by atoms with van der Waals surface area (Å²) in [5, 5.41) is 0.260. The van der Waals surface area contributed by atoms with E-state index in [1.165, 1.54) is 0 Å². The summed E-state index contributed by atoms with van der Waals surface area (Å²) in [4.78, 5) is 15.7. The lowest BCUT2D eigenvalue weighted by Gasteiger charge is -2.10. The Labute approximate surface area is 123 Å². The Morgan fingerprint density at radius 1 is 1.37 bits per heavy atom. The standard InChI is InChI=1S/C12H11BrN2O3S/c1-17-8-4-6(3-7(13)10(8)18-2)5-9-11(16)15-12(14)19-9/h3-5H,1-2H3,(H2,14,15,16). The molecule has 1 aromatic carbocycles. The van der Waals surface area contributed by atoms with Crippen molar-refractivity contribution in [2.24, 2.45) is 10.7 Å². The molecule has 0 fully saturated rings. The van der Waals surface area contributed by atoms with Gasteiger partial charge < -0.3 is 15.2 Å². The Morgan fingerprint density at radius 2 is 2.11 bits per heavy atom. The highest BCUT2D eigenvalue weighted by molar-refractivity contribution is 9.10. The molecule has 0 unspecified atom stereocenters. The largest absolute Gasteiger partial charge is 0.493 e. The summed E-state index contributed by atoms with van der Waals surface area (Å²) in [5.74, 6) is 0.854. The van der Waals surface area contributed by atoms with Crippen molar-refractivity contribution in [2.45, 2.75) is 0 Å². The zero-order chi connectivity index (χ0) is 14.0. The third-order valence-corrected chi connectivity index (χ3v) is 3.79. The second-order valence-corrected chi connectivity index (χ2v) is 5.52. The highest BCUT2D eigenvalue weighted by atomic mass is 79.9. The molecule has 1 aliphatic rings. The zero-order valence-electron chi connectivity index (χ0n) is 10.3. The Hall–Kier alpha value is -1.47. The number of nitrogens with zero attached hydrogens (tertiary/aromatic N) is 1. The van der Waals surface area contributed by atoms with Gasteiger partial charge in [-0.25, -0.2) is 0 Å². The first-order valence-corrected chi connectivity index (χ1v) is 6.85. The molecule has 19 heavy (non-hydrogen) atoms. The first-order valence-electron chi connectivity index (χ1n) is 5.24. The smallest absolute Gasteiger partial charge is 0.286 e. The van der Waals surface area contributed by atoms with E-state index >= 15 is 0 Å². The lowest BCUT2D eigenvalue weighted by Crippen LogP contribution is -2.01. The number of nitrogens with two attached hydrogens (primary N) is 1. The number of hydrogen-bond donors (Lipinski definition) is 1. The third kappa shape index (κ3) is 2.93. The second-order valence-electron chi connectivity index (χ2n) is 3.60. The molecule has 2 N–H and O–H groups in total. The minimum atomic E-state index is -0.326. The molecule has 0 aromatic heterocycles. The molecule has 1 amide bonds. The number of carbonyl (C=O) groups is 1. The molecule has 7 heteroatoms. The molecular formula is C12H11BrN2O3S. The van der Waals surface area contributed by atoms with Crippen LogP contribution in [0, 0.1) is 0 Å². The Bertz CT molecular complexity index is 599. The number of amides is 1. The van der Waals surface area contributed by atoms with Gasteiger partial charge in [0.2, 0.25) is 0 Å². The average molecular weight is 343 g/mol. The maximum Gasteiger partial charge on any atom is 0.286 e. The van der Waals surface area contributed by atoms with Gasteiger partial charge in [0, 0.05) is 0 Å². The van der Waals surface area contributed by atoms with Crippen LogP contribution in [0.25, 0.3) is 6.08 Å². The fraction of sp³-hybridized carbons (Fsp3) is 0.167. The van der Waals surface area contributed by atoms with Gasteiger partial charge in [0.15, 0.2) is 16.7 Å². The normalized spacial score (nSPS) is 16.7. The van der Waals surface area contributed by atoms with Gasteiger partial charge in [0.25, 0.3) is 5.91 Å². The molecule has 0 radical (unpaired) electrons. The predicted octanol–water partition coefficient (Wildman–Crippen LogP) is 2.40. The van der Waals surface area contributed by atoms with Crippen molar-refractivity contribution in [1.82, 2.24) is 0 Å². The van der Waals surface area contributed by atoms with Crippen molar-refractivity contribution in [1.29, 1.82) is 0 Å². The van der Waals surface area contributed by atoms with E-state index in [0.29, 0.717) is 16.4 Å². The number of amidine groups is 1. The summed E-state index contributed by atoms with van der Waals surface area (Å²) in [6.07, 6.45) is 1.71. The van der Waals surface area contributed by atoms with Gasteiger partial charge in [-0.15, -0.1) is 0 Å². The van der Waals surface area contributed by atoms with Gasteiger partial charge in [-0.1, -0.05) is 0 Å². The summed E-state index contributed by atoms with van der Waals surface area (Å²) >= 11 is 4.55. The summed E-state index contributed by atoms with van der Waals surface area (Å²) in [7, 11) is 3.11. The van der Waals surface area contributed by atoms with Crippen molar-refractivity contribution < 1.29 is 14.3 Å². The highest BCUT2D eigenvalue weighted by Gasteiger charge is 2.20. The number of ether oxygens (including phenoxy) is 2. The lowest BCUT2D eigenvalue weighted by atomic mass is 10.2. The van der Waals surface area contributed by atoms with Crippen molar-refractivity contribution in [3.05, 3.63) is 27.1 Å². The summed E-state index contributed by atoms with van der Waals surface area (Å²) in [6.45, 7) is 0. The molecule has 0 bridgehead atoms. The molecule has 1 aliphatic heterocycles. The Kier molecular flexibility index (Phi) is 4.16. The highest BCUT2D eigenvalue weighted by Crippen LogP contribution is 2.37. The molecule has 1 aromatic rings. The van der Waals surface area contributed by atoms with Crippen LogP contribution < -0.4 is 15.2 Å². The van der Waals surface area contributed by atoms with Gasteiger partial charge in [0.1, 0.15) is 0 Å². The molecule has 100 valence electrons. The number of thioether (sulfide) groups is 1. The minimum absolute atomic E-state index is 0.260. The van der Waals surface area contributed by atoms with E-state index in [4.69, 9.17) is 15.2 Å². The Morgan fingerprint density at radius 3 is 2.63 bits per heavy atom. The van der Waals surface area contributed by atoms with Crippen LogP contribution in [-0.2, 0) is 4.79 Å². The van der Waals surface area contributed by atoms with Gasteiger partial charge >= 0.3 is 0 Å². The lowest BCUT2D eigenvalue weighted by molar-refractivity contribution is -0.113. The Balaban J connectivity index is 2.40. The molecule has 0 aliphatic carbocycles. The number of halogens is 1. The summed E-state index contributed by atoms with van der Waals surface area (Å²) < 4.78 is 11.2. The molecule has 0 spiro atoms. The average Bonchev–Trinajstić information content (AvgIpc) is 2.67. The van der Waals surface area contributed by atoms with E-state index in [-0.39, 0.29) is 11.1 Å². The SMILES string of the molecule is COc1cc(C=C2SC(N)=NC2=O)cc(Br)c1OC. The van der Waals surface area contributed by atoms with Gasteiger partial charge in [-0.3, -0.25) is 4.79 Å². The van der Waals surface area contributed by atoms with Gasteiger partial charge in [-0.2, -0.15) is 4.99 Å². The maximum atomic E-state index is 11.5. The molecule has 1 heterocycles. The fourth-order valence-corrected chi connectivity index (χ4v) is 2.90. The van der Waals surface area contributed by atoms with E-state index in [2.05, 4.69) is 20.9 Å². The quantitative estimate of drug-likeness (QED) is 0.853. The molecule has 0 atom stereocenters. The number of carbonyl (C=O) groups excluding carboxylic acids is 1. The number of hydrogen-bond acceptors (Lipinski definition) is 5.